The summed E-state index contributed by atoms with van der Waals surface area (Å²) in [6.45, 7) is 0. The normalized spacial score (nSPS) is 21.6. The SMILES string of the molecule is N#Cc1ccnc(NC2C=CS(=O)(=O)C2)c1. The maximum atomic E-state index is 11.2. The van der Waals surface area contributed by atoms with Crippen LogP contribution in [0.2, 0.25) is 0 Å². The summed E-state index contributed by atoms with van der Waals surface area (Å²) in [6.07, 6.45) is 3.09. The molecule has 0 amide bonds. The Morgan fingerprint density at radius 2 is 2.38 bits per heavy atom. The van der Waals surface area contributed by atoms with Crippen LogP contribution in [-0.4, -0.2) is 25.2 Å². The molecule has 0 aliphatic carbocycles. The minimum absolute atomic E-state index is 0.0332. The highest BCUT2D eigenvalue weighted by Crippen LogP contribution is 2.14. The van der Waals surface area contributed by atoms with E-state index in [9.17, 15) is 8.42 Å². The van der Waals surface area contributed by atoms with Crippen LogP contribution in [-0.2, 0) is 9.84 Å². The van der Waals surface area contributed by atoms with Crippen LogP contribution in [0.3, 0.4) is 0 Å². The summed E-state index contributed by atoms with van der Waals surface area (Å²) in [7, 11) is -3.07. The van der Waals surface area contributed by atoms with Gasteiger partial charge >= 0.3 is 0 Å². The molecule has 1 aromatic rings. The van der Waals surface area contributed by atoms with Gasteiger partial charge in [0, 0.05) is 11.6 Å². The standard InChI is InChI=1S/C10H9N3O2S/c11-6-8-1-3-12-10(5-8)13-9-2-4-16(14,15)7-9/h1-5,9H,7H2,(H,12,13). The van der Waals surface area contributed by atoms with Crippen molar-refractivity contribution in [2.24, 2.45) is 0 Å². The molecule has 82 valence electrons. The number of nitrogens with zero attached hydrogens (tertiary/aromatic N) is 2. The number of hydrogen-bond donors (Lipinski definition) is 1. The Morgan fingerprint density at radius 1 is 1.56 bits per heavy atom. The highest BCUT2D eigenvalue weighted by molar-refractivity contribution is 7.94. The van der Waals surface area contributed by atoms with Crippen molar-refractivity contribution in [3.63, 3.8) is 0 Å². The van der Waals surface area contributed by atoms with E-state index in [2.05, 4.69) is 10.3 Å². The summed E-state index contributed by atoms with van der Waals surface area (Å²) in [4.78, 5) is 4.01. The lowest BCUT2D eigenvalue weighted by molar-refractivity contribution is 0.605. The first-order valence-corrected chi connectivity index (χ1v) is 6.34. The molecule has 2 rings (SSSR count). The van der Waals surface area contributed by atoms with Crippen molar-refractivity contribution in [3.05, 3.63) is 35.4 Å². The minimum Gasteiger partial charge on any atom is -0.363 e. The van der Waals surface area contributed by atoms with E-state index in [1.807, 2.05) is 6.07 Å². The van der Waals surface area contributed by atoms with Gasteiger partial charge in [0.2, 0.25) is 0 Å². The molecule has 6 heteroatoms. The molecule has 1 aromatic heterocycles. The van der Waals surface area contributed by atoms with E-state index in [1.54, 1.807) is 18.2 Å². The summed E-state index contributed by atoms with van der Waals surface area (Å²) in [6, 6.07) is 4.89. The molecule has 1 aliphatic rings. The van der Waals surface area contributed by atoms with Crippen molar-refractivity contribution in [1.29, 1.82) is 5.26 Å². The molecular weight excluding hydrogens is 226 g/mol. The van der Waals surface area contributed by atoms with Crippen LogP contribution < -0.4 is 5.32 Å². The van der Waals surface area contributed by atoms with Gasteiger partial charge in [-0.15, -0.1) is 0 Å². The zero-order valence-corrected chi connectivity index (χ0v) is 9.11. The summed E-state index contributed by atoms with van der Waals surface area (Å²) < 4.78 is 22.3. The van der Waals surface area contributed by atoms with Crippen LogP contribution in [0.5, 0.6) is 0 Å². The van der Waals surface area contributed by atoms with Crippen LogP contribution >= 0.6 is 0 Å². The predicted molar refractivity (Wildman–Crippen MR) is 59.3 cm³/mol. The largest absolute Gasteiger partial charge is 0.363 e. The fourth-order valence-electron chi connectivity index (χ4n) is 1.43. The zero-order chi connectivity index (χ0) is 11.6. The number of anilines is 1. The molecule has 1 unspecified atom stereocenters. The first-order valence-electron chi connectivity index (χ1n) is 4.63. The predicted octanol–water partition coefficient (Wildman–Crippen LogP) is 0.676. The Kier molecular flexibility index (Phi) is 2.62. The van der Waals surface area contributed by atoms with E-state index < -0.39 is 9.84 Å². The number of nitriles is 1. The summed E-state index contributed by atoms with van der Waals surface area (Å²) in [5, 5.41) is 12.8. The average molecular weight is 235 g/mol. The van der Waals surface area contributed by atoms with E-state index in [-0.39, 0.29) is 11.8 Å². The van der Waals surface area contributed by atoms with E-state index in [1.165, 1.54) is 11.6 Å². The van der Waals surface area contributed by atoms with Crippen LogP contribution in [0.4, 0.5) is 5.82 Å². The van der Waals surface area contributed by atoms with Gasteiger partial charge in [0.05, 0.1) is 23.4 Å². The van der Waals surface area contributed by atoms with Gasteiger partial charge in [-0.25, -0.2) is 13.4 Å². The Bertz CT molecular complexity index is 572. The molecule has 0 spiro atoms. The third-order valence-corrected chi connectivity index (χ3v) is 3.55. The van der Waals surface area contributed by atoms with E-state index >= 15 is 0 Å². The highest BCUT2D eigenvalue weighted by Gasteiger charge is 2.21. The molecule has 5 nitrogen and oxygen atoms in total. The Labute approximate surface area is 93.3 Å². The third-order valence-electron chi connectivity index (χ3n) is 2.15. The molecular formula is C10H9N3O2S. The second-order valence-corrected chi connectivity index (χ2v) is 5.38. The van der Waals surface area contributed by atoms with Gasteiger partial charge < -0.3 is 5.32 Å². The second kappa shape index (κ2) is 3.94. The first-order chi connectivity index (χ1) is 7.59. The van der Waals surface area contributed by atoms with Crippen molar-refractivity contribution in [1.82, 2.24) is 4.98 Å². The van der Waals surface area contributed by atoms with Crippen molar-refractivity contribution < 1.29 is 8.42 Å². The first kappa shape index (κ1) is 10.6. The number of aromatic nitrogens is 1. The molecule has 1 N–H and O–H groups in total. The summed E-state index contributed by atoms with van der Waals surface area (Å²) in [5.74, 6) is 0.539. The van der Waals surface area contributed by atoms with Crippen LogP contribution in [0, 0.1) is 11.3 Å². The maximum absolute atomic E-state index is 11.2. The topological polar surface area (TPSA) is 82.8 Å². The number of sulfone groups is 1. The maximum Gasteiger partial charge on any atom is 0.173 e. The molecule has 16 heavy (non-hydrogen) atoms. The smallest absolute Gasteiger partial charge is 0.173 e. The van der Waals surface area contributed by atoms with E-state index in [4.69, 9.17) is 5.26 Å². The van der Waals surface area contributed by atoms with Crippen LogP contribution in [0.15, 0.2) is 29.8 Å². The molecule has 0 saturated carbocycles. The molecule has 0 fully saturated rings. The van der Waals surface area contributed by atoms with Gasteiger partial charge in [-0.1, -0.05) is 0 Å². The fourth-order valence-corrected chi connectivity index (χ4v) is 2.67. The number of pyridine rings is 1. The molecule has 2 heterocycles. The monoisotopic (exact) mass is 235 g/mol. The number of rotatable bonds is 2. The van der Waals surface area contributed by atoms with E-state index in [0.717, 1.165) is 0 Å². The van der Waals surface area contributed by atoms with Crippen LogP contribution in [0.25, 0.3) is 0 Å². The zero-order valence-electron chi connectivity index (χ0n) is 8.29. The van der Waals surface area contributed by atoms with Gasteiger partial charge in [-0.05, 0) is 18.2 Å². The highest BCUT2D eigenvalue weighted by atomic mass is 32.2. The lowest BCUT2D eigenvalue weighted by Crippen LogP contribution is -2.21. The number of nitrogens with one attached hydrogen (secondary N) is 1. The van der Waals surface area contributed by atoms with Gasteiger partial charge in [0.1, 0.15) is 5.82 Å². The Hall–Kier alpha value is -1.87. The molecule has 0 radical (unpaired) electrons. The van der Waals surface area contributed by atoms with Crippen molar-refractivity contribution >= 4 is 15.7 Å². The number of hydrogen-bond acceptors (Lipinski definition) is 5. The van der Waals surface area contributed by atoms with Gasteiger partial charge in [-0.3, -0.25) is 0 Å². The summed E-state index contributed by atoms with van der Waals surface area (Å²) >= 11 is 0. The quantitative estimate of drug-likeness (QED) is 0.814. The van der Waals surface area contributed by atoms with Gasteiger partial charge in [-0.2, -0.15) is 5.26 Å². The van der Waals surface area contributed by atoms with E-state index in [0.29, 0.717) is 11.4 Å². The van der Waals surface area contributed by atoms with Crippen molar-refractivity contribution in [2.45, 2.75) is 6.04 Å². The fraction of sp³-hybridized carbons (Fsp3) is 0.200. The average Bonchev–Trinajstić information content (AvgIpc) is 2.58. The molecule has 1 atom stereocenters. The second-order valence-electron chi connectivity index (χ2n) is 3.45. The molecule has 1 aliphatic heterocycles. The minimum atomic E-state index is -3.07. The lowest BCUT2D eigenvalue weighted by Gasteiger charge is -2.10. The third kappa shape index (κ3) is 2.38. The molecule has 0 aromatic carbocycles. The van der Waals surface area contributed by atoms with Crippen molar-refractivity contribution in [3.8, 4) is 6.07 Å². The summed E-state index contributed by atoms with van der Waals surface area (Å²) in [5.41, 5.74) is 0.488. The van der Waals surface area contributed by atoms with Gasteiger partial charge in [0.25, 0.3) is 0 Å². The Morgan fingerprint density at radius 3 is 3.00 bits per heavy atom. The van der Waals surface area contributed by atoms with Crippen molar-refractivity contribution in [2.75, 3.05) is 11.1 Å². The Balaban J connectivity index is 2.12. The molecule has 0 bridgehead atoms. The lowest BCUT2D eigenvalue weighted by atomic mass is 10.2. The molecule has 0 saturated heterocycles. The van der Waals surface area contributed by atoms with Crippen LogP contribution in [0.1, 0.15) is 5.56 Å². The van der Waals surface area contributed by atoms with Gasteiger partial charge in [0.15, 0.2) is 9.84 Å².